The van der Waals surface area contributed by atoms with E-state index in [9.17, 15) is 4.79 Å². The lowest BCUT2D eigenvalue weighted by atomic mass is 10.1. The summed E-state index contributed by atoms with van der Waals surface area (Å²) < 4.78 is 4.93. The quantitative estimate of drug-likeness (QED) is 0.635. The summed E-state index contributed by atoms with van der Waals surface area (Å²) in [5, 5.41) is 0.860. The number of ketones is 1. The number of rotatable bonds is 6. The van der Waals surface area contributed by atoms with Gasteiger partial charge in [-0.15, -0.1) is 0 Å². The Labute approximate surface area is 130 Å². The molecule has 0 atom stereocenters. The highest BCUT2D eigenvalue weighted by Gasteiger charge is 2.25. The Bertz CT molecular complexity index is 644. The number of carbonyl (C=O) groups is 1. The van der Waals surface area contributed by atoms with Gasteiger partial charge in [0.25, 0.3) is 0 Å². The van der Waals surface area contributed by atoms with E-state index in [2.05, 4.69) is 22.6 Å². The zero-order chi connectivity index (χ0) is 15.6. The van der Waals surface area contributed by atoms with E-state index >= 15 is 0 Å². The van der Waals surface area contributed by atoms with Crippen molar-refractivity contribution < 1.29 is 9.53 Å². The maximum Gasteiger partial charge on any atom is 0.194 e. The van der Waals surface area contributed by atoms with Gasteiger partial charge in [0.2, 0.25) is 0 Å². The normalized spacial score (nSPS) is 12.1. The smallest absolute Gasteiger partial charge is 0.194 e. The topological polar surface area (TPSA) is 58.2 Å². The van der Waals surface area contributed by atoms with Gasteiger partial charge in [0.05, 0.1) is 16.6 Å². The molecular formula is C15H21N3O2S. The highest BCUT2D eigenvalue weighted by molar-refractivity contribution is 7.82. The van der Waals surface area contributed by atoms with E-state index in [0.29, 0.717) is 23.7 Å². The van der Waals surface area contributed by atoms with Crippen molar-refractivity contribution in [2.75, 3.05) is 27.2 Å². The summed E-state index contributed by atoms with van der Waals surface area (Å²) in [5.41, 5.74) is 1.19. The van der Waals surface area contributed by atoms with Gasteiger partial charge < -0.3 is 14.6 Å². The molecule has 5 nitrogen and oxygen atoms in total. The average molecular weight is 307 g/mol. The molecule has 2 aromatic rings. The molecule has 0 saturated heterocycles. The van der Waals surface area contributed by atoms with Gasteiger partial charge in [-0.3, -0.25) is 4.79 Å². The number of H-pyrrole nitrogens is 1. The maximum absolute atomic E-state index is 12.2. The summed E-state index contributed by atoms with van der Waals surface area (Å²) in [4.78, 5) is 21.6. The summed E-state index contributed by atoms with van der Waals surface area (Å²) in [5.74, 6) is 0.645. The summed E-state index contributed by atoms with van der Waals surface area (Å²) in [6, 6.07) is 3.68. The third-order valence-electron chi connectivity index (χ3n) is 3.05. The van der Waals surface area contributed by atoms with E-state index in [1.165, 1.54) is 0 Å². The van der Waals surface area contributed by atoms with Crippen LogP contribution >= 0.6 is 12.6 Å². The zero-order valence-electron chi connectivity index (χ0n) is 12.8. The Morgan fingerprint density at radius 2 is 2.14 bits per heavy atom. The molecule has 0 amide bonds. The lowest BCUT2D eigenvalue weighted by molar-refractivity contribution is 0.0955. The molecule has 0 bridgehead atoms. The fourth-order valence-electron chi connectivity index (χ4n) is 1.87. The Morgan fingerprint density at radius 1 is 1.43 bits per heavy atom. The van der Waals surface area contributed by atoms with E-state index in [-0.39, 0.29) is 5.78 Å². The van der Waals surface area contributed by atoms with Crippen LogP contribution in [-0.4, -0.2) is 52.6 Å². The first kappa shape index (κ1) is 15.9. The zero-order valence-corrected chi connectivity index (χ0v) is 13.7. The summed E-state index contributed by atoms with van der Waals surface area (Å²) in [6.07, 6.45) is 1.66. The Morgan fingerprint density at radius 3 is 2.76 bits per heavy atom. The highest BCUT2D eigenvalue weighted by Crippen LogP contribution is 2.24. The molecule has 0 aromatic carbocycles. The molecule has 6 heteroatoms. The van der Waals surface area contributed by atoms with Gasteiger partial charge in [0, 0.05) is 11.9 Å². The van der Waals surface area contributed by atoms with Gasteiger partial charge in [0.15, 0.2) is 5.78 Å². The number of hydrogen-bond acceptors (Lipinski definition) is 5. The second-order valence-corrected chi connectivity index (χ2v) is 6.95. The van der Waals surface area contributed by atoms with Crippen molar-refractivity contribution in [2.24, 2.45) is 0 Å². The lowest BCUT2D eigenvalue weighted by Crippen LogP contribution is -2.25. The molecule has 21 heavy (non-hydrogen) atoms. The van der Waals surface area contributed by atoms with Crippen molar-refractivity contribution in [2.45, 2.75) is 18.6 Å². The molecule has 0 unspecified atom stereocenters. The fraction of sp³-hybridized carbons (Fsp3) is 0.467. The fourth-order valence-corrected chi connectivity index (χ4v) is 1.99. The predicted octanol–water partition coefficient (Wildman–Crippen LogP) is 2.39. The molecule has 0 aliphatic rings. The van der Waals surface area contributed by atoms with Gasteiger partial charge in [-0.1, -0.05) is 0 Å². The minimum atomic E-state index is -0.716. The Kier molecular flexibility index (Phi) is 4.58. The van der Waals surface area contributed by atoms with Crippen LogP contribution < -0.4 is 4.74 Å². The number of likely N-dealkylation sites (N-methyl/N-ethyl adjacent to an activating group) is 1. The number of aromatic nitrogens is 2. The minimum Gasteiger partial charge on any atom is -0.491 e. The average Bonchev–Trinajstić information content (AvgIpc) is 2.79. The maximum atomic E-state index is 12.2. The first-order valence-corrected chi connectivity index (χ1v) is 7.25. The molecule has 0 spiro atoms. The van der Waals surface area contributed by atoms with E-state index in [4.69, 9.17) is 4.74 Å². The molecule has 0 aliphatic carbocycles. The van der Waals surface area contributed by atoms with Crippen LogP contribution in [0.5, 0.6) is 5.75 Å². The molecule has 0 aliphatic heterocycles. The van der Waals surface area contributed by atoms with E-state index < -0.39 is 4.75 Å². The number of aromatic amines is 1. The SMILES string of the molecule is CN(C)CCOc1cnc2[nH]c(C(=O)C(C)(C)S)cc2c1. The highest BCUT2D eigenvalue weighted by atomic mass is 32.1. The number of nitrogens with zero attached hydrogens (tertiary/aromatic N) is 2. The van der Waals surface area contributed by atoms with Crippen molar-refractivity contribution in [3.8, 4) is 5.75 Å². The second-order valence-electron chi connectivity index (χ2n) is 5.83. The number of carbonyl (C=O) groups excluding carboxylic acids is 1. The minimum absolute atomic E-state index is 0.0566. The molecule has 1 N–H and O–H groups in total. The van der Waals surface area contributed by atoms with E-state index in [0.717, 1.165) is 11.9 Å². The predicted molar refractivity (Wildman–Crippen MR) is 87.5 cm³/mol. The number of fused-ring (bicyclic) bond motifs is 1. The van der Waals surface area contributed by atoms with Gasteiger partial charge in [-0.25, -0.2) is 4.98 Å². The van der Waals surface area contributed by atoms with Crippen molar-refractivity contribution in [3.05, 3.63) is 24.0 Å². The number of ether oxygens (including phenoxy) is 1. The van der Waals surface area contributed by atoms with Crippen LogP contribution in [0.15, 0.2) is 18.3 Å². The standard InChI is InChI=1S/C15H21N3O2S/c1-15(2,21)13(19)12-8-10-7-11(9-16-14(10)17-12)20-6-5-18(3)4/h7-9,21H,5-6H2,1-4H3,(H,16,17). The molecule has 2 rings (SSSR count). The number of pyridine rings is 1. The van der Waals surface area contributed by atoms with Crippen LogP contribution in [0.2, 0.25) is 0 Å². The van der Waals surface area contributed by atoms with Crippen LogP contribution in [0.3, 0.4) is 0 Å². The van der Waals surface area contributed by atoms with Gasteiger partial charge in [-0.05, 0) is 40.1 Å². The van der Waals surface area contributed by atoms with Crippen LogP contribution in [-0.2, 0) is 0 Å². The first-order chi connectivity index (χ1) is 9.77. The van der Waals surface area contributed by atoms with Crippen molar-refractivity contribution in [1.29, 1.82) is 0 Å². The number of Topliss-reactive ketones (excluding diaryl/α,β-unsaturated/α-hetero) is 1. The van der Waals surface area contributed by atoms with Crippen molar-refractivity contribution in [3.63, 3.8) is 0 Å². The number of hydrogen-bond donors (Lipinski definition) is 2. The van der Waals surface area contributed by atoms with Crippen LogP contribution in [0.1, 0.15) is 24.3 Å². The number of thiol groups is 1. The molecular weight excluding hydrogens is 286 g/mol. The summed E-state index contributed by atoms with van der Waals surface area (Å²) >= 11 is 4.31. The molecule has 0 saturated carbocycles. The molecule has 114 valence electrons. The van der Waals surface area contributed by atoms with Gasteiger partial charge in [-0.2, -0.15) is 12.6 Å². The Balaban J connectivity index is 2.18. The summed E-state index contributed by atoms with van der Waals surface area (Å²) in [6.45, 7) is 4.98. The van der Waals surface area contributed by atoms with Crippen LogP contribution in [0, 0.1) is 0 Å². The Hall–Kier alpha value is -1.53. The van der Waals surface area contributed by atoms with Gasteiger partial charge in [0.1, 0.15) is 18.0 Å². The third-order valence-corrected chi connectivity index (χ3v) is 3.26. The molecule has 0 fully saturated rings. The van der Waals surface area contributed by atoms with E-state index in [1.54, 1.807) is 26.1 Å². The molecule has 0 radical (unpaired) electrons. The van der Waals surface area contributed by atoms with Crippen molar-refractivity contribution >= 4 is 29.4 Å². The van der Waals surface area contributed by atoms with Crippen molar-refractivity contribution in [1.82, 2.24) is 14.9 Å². The monoisotopic (exact) mass is 307 g/mol. The lowest BCUT2D eigenvalue weighted by Gasteiger charge is -2.13. The number of nitrogens with one attached hydrogen (secondary N) is 1. The van der Waals surface area contributed by atoms with E-state index in [1.807, 2.05) is 25.1 Å². The molecule has 2 heterocycles. The van der Waals surface area contributed by atoms with Crippen LogP contribution in [0.4, 0.5) is 0 Å². The molecule has 2 aromatic heterocycles. The third kappa shape index (κ3) is 3.98. The first-order valence-electron chi connectivity index (χ1n) is 6.81. The largest absolute Gasteiger partial charge is 0.491 e. The second kappa shape index (κ2) is 6.07. The summed E-state index contributed by atoms with van der Waals surface area (Å²) in [7, 11) is 3.99. The van der Waals surface area contributed by atoms with Gasteiger partial charge >= 0.3 is 0 Å². The van der Waals surface area contributed by atoms with Crippen LogP contribution in [0.25, 0.3) is 11.0 Å².